The maximum Gasteiger partial charge on any atom is 0.257 e. The van der Waals surface area contributed by atoms with Crippen LogP contribution in [0, 0.1) is 23.0 Å². The summed E-state index contributed by atoms with van der Waals surface area (Å²) < 4.78 is 51.2. The van der Waals surface area contributed by atoms with Crippen LogP contribution in [0.25, 0.3) is 5.69 Å². The monoisotopic (exact) mass is 466 g/mol. The third kappa shape index (κ3) is 3.84. The molecule has 0 bridgehead atoms. The predicted octanol–water partition coefficient (Wildman–Crippen LogP) is 4.20. The van der Waals surface area contributed by atoms with Gasteiger partial charge in [-0.3, -0.25) is 4.79 Å². The second-order valence-corrected chi connectivity index (χ2v) is 8.54. The van der Waals surface area contributed by atoms with Crippen LogP contribution < -0.4 is 0 Å². The Bertz CT molecular complexity index is 1290. The van der Waals surface area contributed by atoms with Gasteiger partial charge in [0.1, 0.15) is 17.6 Å². The topological polar surface area (TPSA) is 71.2 Å². The number of hydrogen-bond acceptors (Lipinski definition) is 4. The molecule has 3 aromatic rings. The summed E-state index contributed by atoms with van der Waals surface area (Å²) in [6.07, 6.45) is 2.19. The number of aromatic nitrogens is 2. The Morgan fingerprint density at radius 1 is 1.12 bits per heavy atom. The number of carbonyl (C=O) groups is 1. The number of halogens is 3. The Balaban J connectivity index is 1.48. The zero-order valence-corrected chi connectivity index (χ0v) is 18.2. The van der Waals surface area contributed by atoms with E-state index in [0.717, 1.165) is 11.3 Å². The fourth-order valence-corrected chi connectivity index (χ4v) is 4.58. The average molecular weight is 466 g/mol. The van der Waals surface area contributed by atoms with Gasteiger partial charge in [0.15, 0.2) is 5.82 Å². The second-order valence-electron chi connectivity index (χ2n) is 8.54. The Labute approximate surface area is 194 Å². The minimum atomic E-state index is -1.91. The maximum absolute atomic E-state index is 15.8. The molecule has 34 heavy (non-hydrogen) atoms. The number of fused-ring (bicyclic) bond motifs is 1. The van der Waals surface area contributed by atoms with Crippen molar-refractivity contribution < 1.29 is 22.7 Å². The van der Waals surface area contributed by atoms with Crippen molar-refractivity contribution in [1.29, 1.82) is 5.26 Å². The van der Waals surface area contributed by atoms with Crippen LogP contribution in [0.4, 0.5) is 13.2 Å². The lowest BCUT2D eigenvalue weighted by atomic mass is 9.83. The summed E-state index contributed by atoms with van der Waals surface area (Å²) >= 11 is 0. The zero-order chi connectivity index (χ0) is 23.9. The molecule has 0 saturated carbocycles. The molecule has 1 fully saturated rings. The lowest BCUT2D eigenvalue weighted by Gasteiger charge is -2.33. The summed E-state index contributed by atoms with van der Waals surface area (Å²) in [7, 11) is 0. The number of hydrogen-bond donors (Lipinski definition) is 0. The smallest absolute Gasteiger partial charge is 0.257 e. The number of nitrogens with zero attached hydrogens (tertiary/aromatic N) is 4. The molecule has 0 N–H and O–H groups in total. The van der Waals surface area contributed by atoms with Crippen LogP contribution in [0.1, 0.15) is 45.6 Å². The molecule has 1 amide bonds. The van der Waals surface area contributed by atoms with Crippen molar-refractivity contribution in [2.24, 2.45) is 0 Å². The summed E-state index contributed by atoms with van der Waals surface area (Å²) in [5.41, 5.74) is -0.420. The van der Waals surface area contributed by atoms with Gasteiger partial charge >= 0.3 is 0 Å². The summed E-state index contributed by atoms with van der Waals surface area (Å²) in [5.74, 6) is -2.01. The van der Waals surface area contributed by atoms with E-state index in [9.17, 15) is 14.4 Å². The molecule has 6 nitrogen and oxygen atoms in total. The first-order chi connectivity index (χ1) is 16.4. The number of alkyl halides is 1. The predicted molar refractivity (Wildman–Crippen MR) is 116 cm³/mol. The van der Waals surface area contributed by atoms with Crippen molar-refractivity contribution in [1.82, 2.24) is 14.7 Å². The maximum atomic E-state index is 15.8. The van der Waals surface area contributed by atoms with E-state index in [1.54, 1.807) is 29.1 Å². The molecular formula is C25H21F3N4O2. The highest BCUT2D eigenvalue weighted by Gasteiger charge is 2.40. The van der Waals surface area contributed by atoms with Crippen molar-refractivity contribution in [3.63, 3.8) is 0 Å². The minimum Gasteiger partial charge on any atom is -0.381 e. The molecule has 0 radical (unpaired) electrons. The molecule has 0 spiro atoms. The van der Waals surface area contributed by atoms with Crippen molar-refractivity contribution in [3.8, 4) is 11.8 Å². The van der Waals surface area contributed by atoms with Crippen LogP contribution in [0.5, 0.6) is 0 Å². The summed E-state index contributed by atoms with van der Waals surface area (Å²) in [6, 6.07) is 10.2. The van der Waals surface area contributed by atoms with E-state index in [1.807, 2.05) is 0 Å². The number of carbonyl (C=O) groups excluding carboxylic acids is 1. The fraction of sp³-hybridized carbons (Fsp3) is 0.320. The highest BCUT2D eigenvalue weighted by molar-refractivity contribution is 5.97. The van der Waals surface area contributed by atoms with Gasteiger partial charge in [0, 0.05) is 62.9 Å². The van der Waals surface area contributed by atoms with E-state index in [-0.39, 0.29) is 56.1 Å². The molecule has 2 aliphatic rings. The molecule has 3 heterocycles. The Kier molecular flexibility index (Phi) is 5.62. The lowest BCUT2D eigenvalue weighted by Crippen LogP contribution is -2.39. The molecule has 0 aliphatic carbocycles. The number of rotatable bonds is 3. The van der Waals surface area contributed by atoms with Gasteiger partial charge in [0.05, 0.1) is 22.5 Å². The number of benzene rings is 2. The molecule has 2 aliphatic heterocycles. The molecule has 1 aromatic heterocycles. The first-order valence-corrected chi connectivity index (χ1v) is 11.0. The number of nitriles is 1. The molecule has 0 unspecified atom stereocenters. The molecule has 174 valence electrons. The molecule has 2 aromatic carbocycles. The summed E-state index contributed by atoms with van der Waals surface area (Å²) in [6.45, 7) is 0.764. The van der Waals surface area contributed by atoms with Gasteiger partial charge in [-0.2, -0.15) is 10.4 Å². The Hall–Kier alpha value is -3.64. The van der Waals surface area contributed by atoms with Gasteiger partial charge < -0.3 is 9.64 Å². The lowest BCUT2D eigenvalue weighted by molar-refractivity contribution is -0.0123. The van der Waals surface area contributed by atoms with Crippen LogP contribution in [0.15, 0.2) is 42.6 Å². The van der Waals surface area contributed by atoms with E-state index < -0.39 is 23.0 Å². The minimum absolute atomic E-state index is 0.00715. The van der Waals surface area contributed by atoms with E-state index >= 15 is 8.78 Å². The fourth-order valence-electron chi connectivity index (χ4n) is 4.58. The number of ether oxygens (including phenoxy) is 1. The van der Waals surface area contributed by atoms with E-state index in [0.29, 0.717) is 12.1 Å². The van der Waals surface area contributed by atoms with Gasteiger partial charge in [0.2, 0.25) is 0 Å². The first kappa shape index (κ1) is 22.2. The molecule has 5 rings (SSSR count). The van der Waals surface area contributed by atoms with Crippen LogP contribution in [-0.2, 0) is 23.4 Å². The highest BCUT2D eigenvalue weighted by atomic mass is 19.1. The molecular weight excluding hydrogens is 445 g/mol. The van der Waals surface area contributed by atoms with Gasteiger partial charge in [0.25, 0.3) is 5.91 Å². The quantitative estimate of drug-likeness (QED) is 0.580. The van der Waals surface area contributed by atoms with Crippen LogP contribution in [0.3, 0.4) is 0 Å². The normalized spacial score (nSPS) is 17.2. The van der Waals surface area contributed by atoms with Crippen molar-refractivity contribution in [2.75, 3.05) is 19.8 Å². The highest BCUT2D eigenvalue weighted by Crippen LogP contribution is 2.40. The summed E-state index contributed by atoms with van der Waals surface area (Å²) in [5, 5.41) is 13.8. The standard InChI is InChI=1S/C25H21F3N4O2/c26-18-2-4-19(5-3-18)32-15-17-14-31(10-7-21(17)30-32)24(33)22-20(6-1-16(13-29)23(22)27)25(28)8-11-34-12-9-25/h1-6,15H,7-12,14H2. The third-order valence-corrected chi connectivity index (χ3v) is 6.48. The number of amides is 1. The van der Waals surface area contributed by atoms with Crippen LogP contribution >= 0.6 is 0 Å². The largest absolute Gasteiger partial charge is 0.381 e. The zero-order valence-electron chi connectivity index (χ0n) is 18.2. The third-order valence-electron chi connectivity index (χ3n) is 6.48. The van der Waals surface area contributed by atoms with Gasteiger partial charge in [-0.1, -0.05) is 6.07 Å². The van der Waals surface area contributed by atoms with Crippen LogP contribution in [-0.4, -0.2) is 40.3 Å². The van der Waals surface area contributed by atoms with Gasteiger partial charge in [-0.15, -0.1) is 0 Å². The Morgan fingerprint density at radius 3 is 2.56 bits per heavy atom. The SMILES string of the molecule is N#Cc1ccc(C2(F)CCOCC2)c(C(=O)N2CCc3nn(-c4ccc(F)cc4)cc3C2)c1F. The van der Waals surface area contributed by atoms with E-state index in [4.69, 9.17) is 4.74 Å². The van der Waals surface area contributed by atoms with Crippen molar-refractivity contribution in [3.05, 3.63) is 82.2 Å². The first-order valence-electron chi connectivity index (χ1n) is 11.0. The van der Waals surface area contributed by atoms with Crippen molar-refractivity contribution in [2.45, 2.75) is 31.5 Å². The molecule has 0 atom stereocenters. The van der Waals surface area contributed by atoms with E-state index in [2.05, 4.69) is 5.10 Å². The van der Waals surface area contributed by atoms with Crippen molar-refractivity contribution >= 4 is 5.91 Å². The summed E-state index contributed by atoms with van der Waals surface area (Å²) in [4.78, 5) is 15.0. The average Bonchev–Trinajstić information content (AvgIpc) is 3.27. The van der Waals surface area contributed by atoms with Gasteiger partial charge in [-0.05, 0) is 30.3 Å². The Morgan fingerprint density at radius 2 is 1.85 bits per heavy atom. The molecule has 1 saturated heterocycles. The van der Waals surface area contributed by atoms with E-state index in [1.165, 1.54) is 29.2 Å². The van der Waals surface area contributed by atoms with Crippen LogP contribution in [0.2, 0.25) is 0 Å². The second kappa shape index (κ2) is 8.61. The van der Waals surface area contributed by atoms with Gasteiger partial charge in [-0.25, -0.2) is 17.9 Å². The molecule has 9 heteroatoms.